The van der Waals surface area contributed by atoms with Crippen LogP contribution in [0.3, 0.4) is 0 Å². The van der Waals surface area contributed by atoms with Crippen LogP contribution in [-0.4, -0.2) is 13.1 Å². The maximum absolute atomic E-state index is 6.35. The van der Waals surface area contributed by atoms with Gasteiger partial charge in [0, 0.05) is 11.6 Å². The molecule has 19 heavy (non-hydrogen) atoms. The Hall–Kier alpha value is -0.530. The first-order chi connectivity index (χ1) is 8.94. The van der Waals surface area contributed by atoms with Crippen molar-refractivity contribution >= 4 is 11.6 Å². The molecule has 0 aliphatic carbocycles. The quantitative estimate of drug-likeness (QED) is 0.673. The highest BCUT2D eigenvalue weighted by molar-refractivity contribution is 6.31. The summed E-state index contributed by atoms with van der Waals surface area (Å²) in [5, 5.41) is 4.44. The summed E-state index contributed by atoms with van der Waals surface area (Å²) in [5.41, 5.74) is 1.67. The normalized spacial score (nSPS) is 13.5. The Labute approximate surface area is 123 Å². The van der Waals surface area contributed by atoms with Gasteiger partial charge >= 0.3 is 0 Å². The summed E-state index contributed by atoms with van der Waals surface area (Å²) in [6.45, 7) is 11.2. The van der Waals surface area contributed by atoms with Crippen LogP contribution in [0, 0.1) is 5.41 Å². The second-order valence-corrected chi connectivity index (χ2v) is 6.93. The fourth-order valence-electron chi connectivity index (χ4n) is 2.23. The Morgan fingerprint density at radius 3 is 2.47 bits per heavy atom. The lowest BCUT2D eigenvalue weighted by atomic mass is 9.84. The summed E-state index contributed by atoms with van der Waals surface area (Å²) in [5.74, 6) is 0.513. The molecule has 0 spiro atoms. The predicted molar refractivity (Wildman–Crippen MR) is 86.0 cm³/mol. The number of benzene rings is 1. The summed E-state index contributed by atoms with van der Waals surface area (Å²) >= 11 is 6.35. The van der Waals surface area contributed by atoms with Crippen LogP contribution in [-0.2, 0) is 0 Å². The highest BCUT2D eigenvalue weighted by Crippen LogP contribution is 2.31. The van der Waals surface area contributed by atoms with Crippen LogP contribution in [0.15, 0.2) is 24.3 Å². The van der Waals surface area contributed by atoms with Gasteiger partial charge in [0.15, 0.2) is 0 Å². The van der Waals surface area contributed by atoms with Gasteiger partial charge in [-0.25, -0.2) is 0 Å². The van der Waals surface area contributed by atoms with Gasteiger partial charge < -0.3 is 5.32 Å². The Kier molecular flexibility index (Phi) is 6.88. The highest BCUT2D eigenvalue weighted by Gasteiger charge is 2.18. The van der Waals surface area contributed by atoms with Crippen molar-refractivity contribution in [2.45, 2.75) is 52.9 Å². The largest absolute Gasteiger partial charge is 0.316 e. The second-order valence-electron chi connectivity index (χ2n) is 6.52. The van der Waals surface area contributed by atoms with Gasteiger partial charge in [0.05, 0.1) is 0 Å². The van der Waals surface area contributed by atoms with Gasteiger partial charge in [-0.1, -0.05) is 57.5 Å². The average Bonchev–Trinajstić information content (AvgIpc) is 2.33. The average molecular weight is 282 g/mol. The molecule has 0 aliphatic heterocycles. The molecule has 1 unspecified atom stereocenters. The van der Waals surface area contributed by atoms with Crippen molar-refractivity contribution in [3.05, 3.63) is 34.9 Å². The summed E-state index contributed by atoms with van der Waals surface area (Å²) < 4.78 is 0. The van der Waals surface area contributed by atoms with Gasteiger partial charge in [-0.05, 0) is 48.8 Å². The van der Waals surface area contributed by atoms with E-state index in [1.165, 1.54) is 24.8 Å². The molecule has 0 aliphatic rings. The minimum absolute atomic E-state index is 0.379. The Morgan fingerprint density at radius 2 is 1.89 bits per heavy atom. The summed E-state index contributed by atoms with van der Waals surface area (Å²) in [6, 6.07) is 8.27. The minimum Gasteiger partial charge on any atom is -0.316 e. The van der Waals surface area contributed by atoms with Gasteiger partial charge in [-0.2, -0.15) is 0 Å². The maximum Gasteiger partial charge on any atom is 0.0441 e. The number of hydrogen-bond donors (Lipinski definition) is 1. The first-order valence-corrected chi connectivity index (χ1v) is 7.77. The van der Waals surface area contributed by atoms with Crippen molar-refractivity contribution in [2.75, 3.05) is 13.1 Å². The third-order valence-electron chi connectivity index (χ3n) is 3.41. The van der Waals surface area contributed by atoms with Gasteiger partial charge in [0.2, 0.25) is 0 Å². The smallest absolute Gasteiger partial charge is 0.0441 e. The zero-order valence-electron chi connectivity index (χ0n) is 12.8. The molecule has 1 atom stereocenters. The van der Waals surface area contributed by atoms with Crippen molar-refractivity contribution < 1.29 is 0 Å². The number of halogens is 1. The Balaban J connectivity index is 2.71. The summed E-state index contributed by atoms with van der Waals surface area (Å²) in [4.78, 5) is 0. The molecule has 0 saturated carbocycles. The molecule has 1 nitrogen and oxygen atoms in total. The van der Waals surface area contributed by atoms with Crippen LogP contribution in [0.1, 0.15) is 58.4 Å². The van der Waals surface area contributed by atoms with Crippen LogP contribution in [0.2, 0.25) is 5.02 Å². The molecule has 0 aromatic heterocycles. The molecule has 0 amide bonds. The van der Waals surface area contributed by atoms with Crippen molar-refractivity contribution in [2.24, 2.45) is 5.41 Å². The lowest BCUT2D eigenvalue weighted by molar-refractivity contribution is 0.344. The van der Waals surface area contributed by atoms with Gasteiger partial charge in [-0.15, -0.1) is 0 Å². The molecule has 0 saturated heterocycles. The number of rotatable bonds is 7. The molecule has 0 bridgehead atoms. The SMILES string of the molecule is CCCNCC(CCC(C)(C)C)c1ccccc1Cl. The molecule has 0 fully saturated rings. The van der Waals surface area contributed by atoms with Crippen molar-refractivity contribution in [3.63, 3.8) is 0 Å². The molecule has 108 valence electrons. The predicted octanol–water partition coefficient (Wildman–Crippen LogP) is 5.25. The number of nitrogens with one attached hydrogen (secondary N) is 1. The van der Waals surface area contributed by atoms with E-state index in [2.05, 4.69) is 45.1 Å². The molecule has 0 radical (unpaired) electrons. The van der Waals surface area contributed by atoms with Crippen molar-refractivity contribution in [1.82, 2.24) is 5.32 Å². The molecule has 1 aromatic rings. The first kappa shape index (κ1) is 16.5. The van der Waals surface area contributed by atoms with E-state index in [9.17, 15) is 0 Å². The molecule has 0 heterocycles. The van der Waals surface area contributed by atoms with E-state index in [-0.39, 0.29) is 0 Å². The Morgan fingerprint density at radius 1 is 1.21 bits per heavy atom. The molecular weight excluding hydrogens is 254 g/mol. The topological polar surface area (TPSA) is 12.0 Å². The van der Waals surface area contributed by atoms with Crippen molar-refractivity contribution in [1.29, 1.82) is 0 Å². The highest BCUT2D eigenvalue weighted by atomic mass is 35.5. The van der Waals surface area contributed by atoms with E-state index < -0.39 is 0 Å². The van der Waals surface area contributed by atoms with E-state index in [0.717, 1.165) is 18.1 Å². The molecular formula is C17H28ClN. The fraction of sp³-hybridized carbons (Fsp3) is 0.647. The van der Waals surface area contributed by atoms with E-state index >= 15 is 0 Å². The number of hydrogen-bond acceptors (Lipinski definition) is 1. The van der Waals surface area contributed by atoms with Crippen LogP contribution in [0.5, 0.6) is 0 Å². The zero-order chi connectivity index (χ0) is 14.3. The van der Waals surface area contributed by atoms with Gasteiger partial charge in [0.1, 0.15) is 0 Å². The lowest BCUT2D eigenvalue weighted by Gasteiger charge is -2.24. The van der Waals surface area contributed by atoms with Crippen LogP contribution in [0.25, 0.3) is 0 Å². The molecule has 1 aromatic carbocycles. The standard InChI is InChI=1S/C17H28ClN/c1-5-12-19-13-14(10-11-17(2,3)4)15-8-6-7-9-16(15)18/h6-9,14,19H,5,10-13H2,1-4H3. The van der Waals surface area contributed by atoms with Crippen LogP contribution >= 0.6 is 11.6 Å². The fourth-order valence-corrected chi connectivity index (χ4v) is 2.52. The van der Waals surface area contributed by atoms with Gasteiger partial charge in [-0.3, -0.25) is 0 Å². The van der Waals surface area contributed by atoms with Gasteiger partial charge in [0.25, 0.3) is 0 Å². The second kappa shape index (κ2) is 7.91. The van der Waals surface area contributed by atoms with Crippen molar-refractivity contribution in [3.8, 4) is 0 Å². The van der Waals surface area contributed by atoms with E-state index in [1.807, 2.05) is 12.1 Å². The van der Waals surface area contributed by atoms with E-state index in [0.29, 0.717) is 11.3 Å². The van der Waals surface area contributed by atoms with E-state index in [4.69, 9.17) is 11.6 Å². The monoisotopic (exact) mass is 281 g/mol. The summed E-state index contributed by atoms with van der Waals surface area (Å²) in [6.07, 6.45) is 3.58. The molecule has 1 rings (SSSR count). The van der Waals surface area contributed by atoms with Crippen LogP contribution in [0.4, 0.5) is 0 Å². The minimum atomic E-state index is 0.379. The van der Waals surface area contributed by atoms with E-state index in [1.54, 1.807) is 0 Å². The summed E-state index contributed by atoms with van der Waals surface area (Å²) in [7, 11) is 0. The zero-order valence-corrected chi connectivity index (χ0v) is 13.6. The maximum atomic E-state index is 6.35. The lowest BCUT2D eigenvalue weighted by Crippen LogP contribution is -2.23. The first-order valence-electron chi connectivity index (χ1n) is 7.39. The van der Waals surface area contributed by atoms with Crippen LogP contribution < -0.4 is 5.32 Å². The molecule has 1 N–H and O–H groups in total. The third kappa shape index (κ3) is 6.44. The Bertz CT molecular complexity index is 368. The molecule has 2 heteroatoms. The third-order valence-corrected chi connectivity index (χ3v) is 3.75.